The van der Waals surface area contributed by atoms with Gasteiger partial charge in [0.05, 0.1) is 4.92 Å². The molecule has 1 saturated carbocycles. The van der Waals surface area contributed by atoms with Crippen molar-refractivity contribution in [3.8, 4) is 0 Å². The molecule has 0 bridgehead atoms. The molecule has 1 fully saturated rings. The fourth-order valence-corrected chi connectivity index (χ4v) is 4.49. The minimum absolute atomic E-state index is 0.223. The number of nitro groups is 1. The number of rotatable bonds is 3. The average Bonchev–Trinajstić information content (AvgIpc) is 2.54. The first-order chi connectivity index (χ1) is 11.3. The third-order valence-corrected chi connectivity index (χ3v) is 6.04. The van der Waals surface area contributed by atoms with Crippen molar-refractivity contribution < 1.29 is 4.92 Å². The van der Waals surface area contributed by atoms with E-state index in [-0.39, 0.29) is 10.6 Å². The molecule has 3 rings (SSSR count). The summed E-state index contributed by atoms with van der Waals surface area (Å²) in [4.78, 5) is 13.2. The quantitative estimate of drug-likeness (QED) is 0.565. The number of anilines is 1. The minimum Gasteiger partial charge on any atom is -0.371 e. The van der Waals surface area contributed by atoms with Crippen LogP contribution >= 0.6 is 0 Å². The molecular formula is C20H30N2O2. The highest BCUT2D eigenvalue weighted by atomic mass is 16.6. The van der Waals surface area contributed by atoms with Crippen LogP contribution in [-0.2, 0) is 6.42 Å². The van der Waals surface area contributed by atoms with Crippen LogP contribution < -0.4 is 4.90 Å². The third-order valence-electron chi connectivity index (χ3n) is 6.04. The summed E-state index contributed by atoms with van der Waals surface area (Å²) < 4.78 is 0. The lowest BCUT2D eigenvalue weighted by molar-refractivity contribution is -0.384. The van der Waals surface area contributed by atoms with E-state index in [4.69, 9.17) is 0 Å². The van der Waals surface area contributed by atoms with E-state index >= 15 is 0 Å². The van der Waals surface area contributed by atoms with E-state index in [1.54, 1.807) is 12.1 Å². The largest absolute Gasteiger partial charge is 0.371 e. The minimum atomic E-state index is -0.285. The fraction of sp³-hybridized carbons (Fsp3) is 0.700. The van der Waals surface area contributed by atoms with Crippen LogP contribution in [0.5, 0.6) is 0 Å². The molecule has 132 valence electrons. The number of fused-ring (bicyclic) bond motifs is 1. The molecule has 1 aliphatic heterocycles. The lowest BCUT2D eigenvalue weighted by atomic mass is 9.70. The van der Waals surface area contributed by atoms with Crippen molar-refractivity contribution in [3.05, 3.63) is 33.9 Å². The third kappa shape index (κ3) is 3.73. The summed E-state index contributed by atoms with van der Waals surface area (Å²) >= 11 is 0. The van der Waals surface area contributed by atoms with Crippen molar-refractivity contribution in [3.63, 3.8) is 0 Å². The molecule has 0 amide bonds. The van der Waals surface area contributed by atoms with Crippen LogP contribution in [0.4, 0.5) is 11.4 Å². The number of non-ortho nitro benzene ring substituents is 1. The summed E-state index contributed by atoms with van der Waals surface area (Å²) in [5.41, 5.74) is 3.03. The highest BCUT2D eigenvalue weighted by Crippen LogP contribution is 2.41. The maximum atomic E-state index is 11.0. The molecular weight excluding hydrogens is 300 g/mol. The van der Waals surface area contributed by atoms with Gasteiger partial charge >= 0.3 is 0 Å². The number of nitrogens with zero attached hydrogens (tertiary/aromatic N) is 2. The molecule has 4 nitrogen and oxygen atoms in total. The number of benzene rings is 1. The van der Waals surface area contributed by atoms with Gasteiger partial charge in [-0.2, -0.15) is 0 Å². The molecule has 0 radical (unpaired) electrons. The van der Waals surface area contributed by atoms with E-state index in [1.165, 1.54) is 31.4 Å². The Morgan fingerprint density at radius 1 is 1.21 bits per heavy atom. The second kappa shape index (κ2) is 6.73. The van der Waals surface area contributed by atoms with Crippen LogP contribution in [0, 0.1) is 27.4 Å². The monoisotopic (exact) mass is 330 g/mol. The normalized spacial score (nSPS) is 24.5. The predicted molar refractivity (Wildman–Crippen MR) is 98.5 cm³/mol. The van der Waals surface area contributed by atoms with E-state index in [1.807, 2.05) is 6.07 Å². The summed E-state index contributed by atoms with van der Waals surface area (Å²) in [5, 5.41) is 11.0. The van der Waals surface area contributed by atoms with Crippen molar-refractivity contribution in [1.29, 1.82) is 0 Å². The van der Waals surface area contributed by atoms with Gasteiger partial charge in [0.25, 0.3) is 5.69 Å². The van der Waals surface area contributed by atoms with Gasteiger partial charge in [-0.3, -0.25) is 10.1 Å². The van der Waals surface area contributed by atoms with E-state index in [0.29, 0.717) is 5.41 Å². The first-order valence-corrected chi connectivity index (χ1v) is 9.37. The van der Waals surface area contributed by atoms with Gasteiger partial charge < -0.3 is 4.90 Å². The maximum absolute atomic E-state index is 11.0. The zero-order chi connectivity index (χ0) is 17.3. The highest BCUT2D eigenvalue weighted by Gasteiger charge is 2.31. The molecule has 2 aliphatic rings. The zero-order valence-electron chi connectivity index (χ0n) is 15.3. The Hall–Kier alpha value is -1.58. The van der Waals surface area contributed by atoms with Gasteiger partial charge in [0.15, 0.2) is 0 Å². The number of hydrogen-bond acceptors (Lipinski definition) is 3. The van der Waals surface area contributed by atoms with E-state index in [0.717, 1.165) is 43.3 Å². The lowest BCUT2D eigenvalue weighted by Gasteiger charge is -2.40. The molecule has 1 aromatic rings. The van der Waals surface area contributed by atoms with Gasteiger partial charge in [-0.05, 0) is 67.4 Å². The smallest absolute Gasteiger partial charge is 0.269 e. The highest BCUT2D eigenvalue weighted by molar-refractivity contribution is 5.59. The maximum Gasteiger partial charge on any atom is 0.269 e. The second-order valence-electron chi connectivity index (χ2n) is 8.70. The number of aryl methyl sites for hydroxylation is 1. The fourth-order valence-electron chi connectivity index (χ4n) is 4.49. The standard InChI is InChI=1S/C20H30N2O2/c1-20(2,3)17-8-6-15(7-9-17)14-21-12-4-5-16-13-18(22(23)24)10-11-19(16)21/h10-11,13,15,17H,4-9,12,14H2,1-3H3. The number of hydrogen-bond donors (Lipinski definition) is 0. The van der Waals surface area contributed by atoms with Crippen molar-refractivity contribution in [2.24, 2.45) is 17.3 Å². The summed E-state index contributed by atoms with van der Waals surface area (Å²) in [6.45, 7) is 9.30. The molecule has 0 spiro atoms. The van der Waals surface area contributed by atoms with Crippen LogP contribution in [0.15, 0.2) is 18.2 Å². The van der Waals surface area contributed by atoms with Gasteiger partial charge in [0.1, 0.15) is 0 Å². The first-order valence-electron chi connectivity index (χ1n) is 9.37. The average molecular weight is 330 g/mol. The molecule has 1 aliphatic carbocycles. The van der Waals surface area contributed by atoms with Gasteiger partial charge in [-0.15, -0.1) is 0 Å². The van der Waals surface area contributed by atoms with Crippen molar-refractivity contribution in [2.45, 2.75) is 59.3 Å². The SMILES string of the molecule is CC(C)(C)C1CCC(CN2CCCc3cc([N+](=O)[O-])ccc32)CC1. The summed E-state index contributed by atoms with van der Waals surface area (Å²) in [6.07, 6.45) is 7.39. The van der Waals surface area contributed by atoms with Crippen LogP contribution in [0.25, 0.3) is 0 Å². The molecule has 4 heteroatoms. The summed E-state index contributed by atoms with van der Waals surface area (Å²) in [7, 11) is 0. The van der Waals surface area contributed by atoms with Crippen molar-refractivity contribution in [1.82, 2.24) is 0 Å². The summed E-state index contributed by atoms with van der Waals surface area (Å²) in [6, 6.07) is 5.40. The molecule has 0 atom stereocenters. The van der Waals surface area contributed by atoms with Gasteiger partial charge in [0, 0.05) is 30.9 Å². The molecule has 24 heavy (non-hydrogen) atoms. The van der Waals surface area contributed by atoms with Crippen LogP contribution in [0.3, 0.4) is 0 Å². The molecule has 0 saturated heterocycles. The lowest BCUT2D eigenvalue weighted by Crippen LogP contribution is -2.36. The van der Waals surface area contributed by atoms with Gasteiger partial charge in [0.2, 0.25) is 0 Å². The Morgan fingerprint density at radius 2 is 1.92 bits per heavy atom. The van der Waals surface area contributed by atoms with Crippen LogP contribution in [0.1, 0.15) is 58.4 Å². The van der Waals surface area contributed by atoms with Crippen molar-refractivity contribution >= 4 is 11.4 Å². The molecule has 0 aromatic heterocycles. The summed E-state index contributed by atoms with van der Waals surface area (Å²) in [5.74, 6) is 1.62. The van der Waals surface area contributed by atoms with Crippen molar-refractivity contribution in [2.75, 3.05) is 18.0 Å². The van der Waals surface area contributed by atoms with Crippen LogP contribution in [-0.4, -0.2) is 18.0 Å². The van der Waals surface area contributed by atoms with E-state index < -0.39 is 0 Å². The first kappa shape index (κ1) is 17.2. The Morgan fingerprint density at radius 3 is 2.54 bits per heavy atom. The zero-order valence-corrected chi connectivity index (χ0v) is 15.3. The molecule has 1 heterocycles. The predicted octanol–water partition coefficient (Wildman–Crippen LogP) is 5.20. The second-order valence-corrected chi connectivity index (χ2v) is 8.70. The topological polar surface area (TPSA) is 46.4 Å². The molecule has 0 unspecified atom stereocenters. The number of nitro benzene ring substituents is 1. The Kier molecular flexibility index (Phi) is 4.84. The van der Waals surface area contributed by atoms with Gasteiger partial charge in [-0.25, -0.2) is 0 Å². The Bertz CT molecular complexity index is 598. The Balaban J connectivity index is 1.65. The van der Waals surface area contributed by atoms with E-state index in [2.05, 4.69) is 25.7 Å². The van der Waals surface area contributed by atoms with Gasteiger partial charge in [-0.1, -0.05) is 20.8 Å². The molecule has 0 N–H and O–H groups in total. The van der Waals surface area contributed by atoms with Crippen LogP contribution in [0.2, 0.25) is 0 Å². The molecule has 1 aromatic carbocycles. The van der Waals surface area contributed by atoms with E-state index in [9.17, 15) is 10.1 Å². The Labute approximate surface area is 145 Å².